The van der Waals surface area contributed by atoms with E-state index in [1.807, 2.05) is 12.1 Å². The zero-order valence-corrected chi connectivity index (χ0v) is 17.1. The van der Waals surface area contributed by atoms with Gasteiger partial charge in [-0.3, -0.25) is 9.78 Å². The van der Waals surface area contributed by atoms with Gasteiger partial charge in [0, 0.05) is 62.4 Å². The number of aromatic nitrogens is 1. The lowest BCUT2D eigenvalue weighted by molar-refractivity contribution is -0.139. The van der Waals surface area contributed by atoms with Crippen molar-refractivity contribution < 1.29 is 17.6 Å². The van der Waals surface area contributed by atoms with Crippen LogP contribution in [0.3, 0.4) is 0 Å². The van der Waals surface area contributed by atoms with Gasteiger partial charge in [0.1, 0.15) is 10.7 Å². The van der Waals surface area contributed by atoms with Crippen molar-refractivity contribution in [2.45, 2.75) is 4.90 Å². The number of amides is 1. The Morgan fingerprint density at radius 1 is 1.07 bits per heavy atom. The maximum atomic E-state index is 14.0. The SMILES string of the molecule is O=C(C1CN(S(=O)(=O)c2cc(Cl)ccc2F)C1)N1CCN(c2ccncc2)CC1. The highest BCUT2D eigenvalue weighted by atomic mass is 35.5. The van der Waals surface area contributed by atoms with E-state index in [1.54, 1.807) is 17.3 Å². The zero-order chi connectivity index (χ0) is 20.6. The maximum absolute atomic E-state index is 14.0. The van der Waals surface area contributed by atoms with E-state index in [0.29, 0.717) is 26.2 Å². The maximum Gasteiger partial charge on any atom is 0.246 e. The molecular weight excluding hydrogens is 419 g/mol. The van der Waals surface area contributed by atoms with Gasteiger partial charge < -0.3 is 9.80 Å². The van der Waals surface area contributed by atoms with E-state index in [9.17, 15) is 17.6 Å². The van der Waals surface area contributed by atoms with Crippen LogP contribution in [0.4, 0.5) is 10.1 Å². The number of nitrogens with zero attached hydrogens (tertiary/aromatic N) is 4. The Morgan fingerprint density at radius 2 is 1.72 bits per heavy atom. The van der Waals surface area contributed by atoms with Crippen LogP contribution >= 0.6 is 11.6 Å². The summed E-state index contributed by atoms with van der Waals surface area (Å²) in [6.45, 7) is 2.67. The summed E-state index contributed by atoms with van der Waals surface area (Å²) in [7, 11) is -4.01. The molecule has 0 atom stereocenters. The minimum absolute atomic E-state index is 0.0533. The second kappa shape index (κ2) is 7.89. The minimum atomic E-state index is -4.01. The molecule has 0 N–H and O–H groups in total. The summed E-state index contributed by atoms with van der Waals surface area (Å²) in [5.74, 6) is -1.31. The molecule has 2 saturated heterocycles. The third-order valence-corrected chi connectivity index (χ3v) is 7.41. The molecule has 0 bridgehead atoms. The van der Waals surface area contributed by atoms with Gasteiger partial charge in [-0.15, -0.1) is 0 Å². The molecule has 2 aliphatic rings. The molecule has 0 spiro atoms. The van der Waals surface area contributed by atoms with Crippen LogP contribution in [0.25, 0.3) is 0 Å². The molecule has 1 aromatic heterocycles. The summed E-state index contributed by atoms with van der Waals surface area (Å²) < 4.78 is 40.3. The molecule has 3 heterocycles. The monoisotopic (exact) mass is 438 g/mol. The van der Waals surface area contributed by atoms with Gasteiger partial charge in [0.25, 0.3) is 0 Å². The summed E-state index contributed by atoms with van der Waals surface area (Å²) in [6, 6.07) is 7.28. The van der Waals surface area contributed by atoms with Crippen LogP contribution in [0, 0.1) is 11.7 Å². The molecule has 4 rings (SSSR count). The summed E-state index contributed by atoms with van der Waals surface area (Å²) in [4.78, 5) is 20.2. The van der Waals surface area contributed by atoms with E-state index < -0.39 is 26.7 Å². The zero-order valence-electron chi connectivity index (χ0n) is 15.5. The number of carbonyl (C=O) groups is 1. The normalized spacial score (nSPS) is 18.6. The molecular formula is C19H20ClFN4O3S. The van der Waals surface area contributed by atoms with Gasteiger partial charge in [0.15, 0.2) is 0 Å². The first-order valence-electron chi connectivity index (χ1n) is 9.25. The van der Waals surface area contributed by atoms with Gasteiger partial charge in [-0.1, -0.05) is 11.6 Å². The summed E-state index contributed by atoms with van der Waals surface area (Å²) in [6.07, 6.45) is 3.47. The first-order chi connectivity index (χ1) is 13.9. The van der Waals surface area contributed by atoms with E-state index in [-0.39, 0.29) is 24.0 Å². The van der Waals surface area contributed by atoms with Crippen molar-refractivity contribution in [3.05, 3.63) is 53.6 Å². The van der Waals surface area contributed by atoms with Crippen LogP contribution in [0.1, 0.15) is 0 Å². The van der Waals surface area contributed by atoms with E-state index in [2.05, 4.69) is 9.88 Å². The molecule has 2 fully saturated rings. The fourth-order valence-corrected chi connectivity index (χ4v) is 5.46. The number of halogens is 2. The molecule has 2 aromatic rings. The number of hydrogen-bond acceptors (Lipinski definition) is 5. The van der Waals surface area contributed by atoms with E-state index >= 15 is 0 Å². The Balaban J connectivity index is 1.34. The van der Waals surface area contributed by atoms with Crippen molar-refractivity contribution in [3.8, 4) is 0 Å². The molecule has 1 amide bonds. The summed E-state index contributed by atoms with van der Waals surface area (Å²) >= 11 is 5.81. The number of sulfonamides is 1. The molecule has 154 valence electrons. The molecule has 10 heteroatoms. The van der Waals surface area contributed by atoms with Crippen LogP contribution in [-0.4, -0.2) is 67.8 Å². The number of rotatable bonds is 4. The Bertz CT molecular complexity index is 1010. The second-order valence-electron chi connectivity index (χ2n) is 7.11. The fourth-order valence-electron chi connectivity index (χ4n) is 3.60. The third kappa shape index (κ3) is 3.94. The van der Waals surface area contributed by atoms with E-state index in [1.165, 1.54) is 6.07 Å². The number of carbonyl (C=O) groups excluding carboxylic acids is 1. The van der Waals surface area contributed by atoms with Crippen LogP contribution in [0.5, 0.6) is 0 Å². The highest BCUT2D eigenvalue weighted by Crippen LogP contribution is 2.29. The van der Waals surface area contributed by atoms with Gasteiger partial charge >= 0.3 is 0 Å². The average molecular weight is 439 g/mol. The Hall–Kier alpha value is -2.23. The topological polar surface area (TPSA) is 73.8 Å². The summed E-state index contributed by atoms with van der Waals surface area (Å²) in [5, 5.41) is 0.144. The van der Waals surface area contributed by atoms with Crippen molar-refractivity contribution in [1.82, 2.24) is 14.2 Å². The fraction of sp³-hybridized carbons (Fsp3) is 0.368. The molecule has 0 unspecified atom stereocenters. The molecule has 2 aliphatic heterocycles. The van der Waals surface area contributed by atoms with Crippen molar-refractivity contribution in [2.75, 3.05) is 44.2 Å². The number of piperazine rings is 1. The lowest BCUT2D eigenvalue weighted by Crippen LogP contribution is -2.59. The van der Waals surface area contributed by atoms with Gasteiger partial charge in [0.05, 0.1) is 5.92 Å². The predicted octanol–water partition coefficient (Wildman–Crippen LogP) is 1.84. The molecule has 0 saturated carbocycles. The number of anilines is 1. The van der Waals surface area contributed by atoms with E-state index in [0.717, 1.165) is 22.1 Å². The van der Waals surface area contributed by atoms with Crippen LogP contribution in [-0.2, 0) is 14.8 Å². The largest absolute Gasteiger partial charge is 0.368 e. The Morgan fingerprint density at radius 3 is 2.38 bits per heavy atom. The predicted molar refractivity (Wildman–Crippen MR) is 107 cm³/mol. The molecule has 0 aliphatic carbocycles. The van der Waals surface area contributed by atoms with Crippen molar-refractivity contribution in [3.63, 3.8) is 0 Å². The average Bonchev–Trinajstić information content (AvgIpc) is 2.69. The molecule has 29 heavy (non-hydrogen) atoms. The van der Waals surface area contributed by atoms with Crippen LogP contribution in [0.2, 0.25) is 5.02 Å². The molecule has 1 aromatic carbocycles. The lowest BCUT2D eigenvalue weighted by Gasteiger charge is -2.42. The standard InChI is InChI=1S/C19H20ClFN4O3S/c20-15-1-2-17(21)18(11-15)29(27,28)25-12-14(13-25)19(26)24-9-7-23(8-10-24)16-3-5-22-6-4-16/h1-6,11,14H,7-10,12-13H2. The number of hydrogen-bond donors (Lipinski definition) is 0. The Labute approximate surface area is 173 Å². The van der Waals surface area contributed by atoms with Crippen molar-refractivity contribution >= 4 is 33.2 Å². The van der Waals surface area contributed by atoms with Gasteiger partial charge in [-0.2, -0.15) is 4.31 Å². The number of benzene rings is 1. The lowest BCUT2D eigenvalue weighted by atomic mass is 10.0. The highest BCUT2D eigenvalue weighted by Gasteiger charge is 2.43. The minimum Gasteiger partial charge on any atom is -0.368 e. The second-order valence-corrected chi connectivity index (χ2v) is 9.45. The van der Waals surface area contributed by atoms with Crippen molar-refractivity contribution in [1.29, 1.82) is 0 Å². The number of pyridine rings is 1. The van der Waals surface area contributed by atoms with Gasteiger partial charge in [-0.05, 0) is 30.3 Å². The summed E-state index contributed by atoms with van der Waals surface area (Å²) in [5.41, 5.74) is 1.07. The smallest absolute Gasteiger partial charge is 0.246 e. The third-order valence-electron chi connectivity index (χ3n) is 5.33. The van der Waals surface area contributed by atoms with Crippen LogP contribution in [0.15, 0.2) is 47.6 Å². The quantitative estimate of drug-likeness (QED) is 0.728. The molecule has 7 nitrogen and oxygen atoms in total. The first kappa shape index (κ1) is 20.1. The van der Waals surface area contributed by atoms with Crippen molar-refractivity contribution in [2.24, 2.45) is 5.92 Å². The van der Waals surface area contributed by atoms with Gasteiger partial charge in [-0.25, -0.2) is 12.8 Å². The highest BCUT2D eigenvalue weighted by molar-refractivity contribution is 7.89. The van der Waals surface area contributed by atoms with Crippen LogP contribution < -0.4 is 4.90 Å². The van der Waals surface area contributed by atoms with E-state index in [4.69, 9.17) is 11.6 Å². The first-order valence-corrected chi connectivity index (χ1v) is 11.1. The molecule has 0 radical (unpaired) electrons. The Kier molecular flexibility index (Phi) is 5.46. The van der Waals surface area contributed by atoms with Gasteiger partial charge in [0.2, 0.25) is 15.9 Å².